The van der Waals surface area contributed by atoms with E-state index in [4.69, 9.17) is 10.5 Å². The van der Waals surface area contributed by atoms with Crippen LogP contribution in [-0.4, -0.2) is 25.3 Å². The van der Waals surface area contributed by atoms with E-state index in [1.807, 2.05) is 0 Å². The van der Waals surface area contributed by atoms with Crippen molar-refractivity contribution < 1.29 is 9.53 Å². The van der Waals surface area contributed by atoms with Crippen molar-refractivity contribution in [3.05, 3.63) is 0 Å². The molecule has 0 aromatic rings. The number of primary amides is 1. The molecular weight excluding hydrogens is 240 g/mol. The van der Waals surface area contributed by atoms with Crippen molar-refractivity contribution in [3.8, 4) is 0 Å². The number of hydrogen-bond donors (Lipinski definition) is 2. The maximum absolute atomic E-state index is 10.5. The summed E-state index contributed by atoms with van der Waals surface area (Å²) in [4.78, 5) is 10.5. The highest BCUT2D eigenvalue weighted by atomic mass is 16.5. The molecule has 4 aliphatic carbocycles. The normalized spacial score (nSPS) is 41.2. The Morgan fingerprint density at radius 1 is 1.26 bits per heavy atom. The first kappa shape index (κ1) is 13.2. The number of nitrogens with two attached hydrogens (primary N) is 1. The van der Waals surface area contributed by atoms with Gasteiger partial charge in [-0.15, -0.1) is 0 Å². The summed E-state index contributed by atoms with van der Waals surface area (Å²) < 4.78 is 4.79. The van der Waals surface area contributed by atoms with Crippen molar-refractivity contribution in [3.63, 3.8) is 0 Å². The van der Waals surface area contributed by atoms with Crippen molar-refractivity contribution >= 4 is 6.09 Å². The molecule has 4 nitrogen and oxygen atoms in total. The Morgan fingerprint density at radius 2 is 1.79 bits per heavy atom. The van der Waals surface area contributed by atoms with Crippen LogP contribution in [0.15, 0.2) is 0 Å². The largest absolute Gasteiger partial charge is 0.448 e. The molecule has 4 aliphatic rings. The second kappa shape index (κ2) is 4.97. The molecule has 4 heteroatoms. The van der Waals surface area contributed by atoms with Gasteiger partial charge in [0.1, 0.15) is 6.61 Å². The third-order valence-corrected chi connectivity index (χ3v) is 5.80. The Hall–Kier alpha value is -0.770. The van der Waals surface area contributed by atoms with Crippen molar-refractivity contribution in [1.82, 2.24) is 5.32 Å². The molecule has 4 fully saturated rings. The first-order chi connectivity index (χ1) is 9.07. The molecule has 4 rings (SSSR count). The average molecular weight is 266 g/mol. The van der Waals surface area contributed by atoms with E-state index in [0.29, 0.717) is 24.6 Å². The fourth-order valence-electron chi connectivity index (χ4n) is 5.35. The minimum Gasteiger partial charge on any atom is -0.448 e. The predicted molar refractivity (Wildman–Crippen MR) is 73.6 cm³/mol. The Bertz CT molecular complexity index is 321. The zero-order valence-electron chi connectivity index (χ0n) is 11.9. The van der Waals surface area contributed by atoms with E-state index in [0.717, 1.165) is 17.8 Å². The quantitative estimate of drug-likeness (QED) is 0.750. The first-order valence-electron chi connectivity index (χ1n) is 7.73. The van der Waals surface area contributed by atoms with Gasteiger partial charge in [-0.25, -0.2) is 4.79 Å². The van der Waals surface area contributed by atoms with E-state index < -0.39 is 6.09 Å². The highest BCUT2D eigenvalue weighted by Crippen LogP contribution is 2.61. The van der Waals surface area contributed by atoms with E-state index in [-0.39, 0.29) is 0 Å². The molecule has 1 atom stereocenters. The van der Waals surface area contributed by atoms with Crippen LogP contribution in [0.2, 0.25) is 0 Å². The lowest BCUT2D eigenvalue weighted by Gasteiger charge is -2.59. The highest BCUT2D eigenvalue weighted by molar-refractivity contribution is 5.64. The summed E-state index contributed by atoms with van der Waals surface area (Å²) in [5.74, 6) is 2.95. The number of hydrogen-bond acceptors (Lipinski definition) is 3. The summed E-state index contributed by atoms with van der Waals surface area (Å²) in [6.07, 6.45) is 7.99. The van der Waals surface area contributed by atoms with Gasteiger partial charge in [0.05, 0.1) is 0 Å². The fourth-order valence-corrected chi connectivity index (χ4v) is 5.35. The van der Waals surface area contributed by atoms with Gasteiger partial charge < -0.3 is 15.8 Å². The summed E-state index contributed by atoms with van der Waals surface area (Å²) in [6.45, 7) is 3.41. The van der Waals surface area contributed by atoms with Gasteiger partial charge >= 0.3 is 6.09 Å². The monoisotopic (exact) mass is 266 g/mol. The number of carbonyl (C=O) groups is 1. The van der Waals surface area contributed by atoms with E-state index in [9.17, 15) is 4.79 Å². The Morgan fingerprint density at radius 3 is 2.26 bits per heavy atom. The maximum Gasteiger partial charge on any atom is 0.404 e. The van der Waals surface area contributed by atoms with Crippen LogP contribution in [0.5, 0.6) is 0 Å². The summed E-state index contributed by atoms with van der Waals surface area (Å²) in [5, 5.41) is 3.56. The summed E-state index contributed by atoms with van der Waals surface area (Å²) in [7, 11) is 0. The van der Waals surface area contributed by atoms with Crippen molar-refractivity contribution in [1.29, 1.82) is 0 Å². The van der Waals surface area contributed by atoms with Crippen molar-refractivity contribution in [2.45, 2.75) is 51.5 Å². The van der Waals surface area contributed by atoms with E-state index >= 15 is 0 Å². The SMILES string of the molecule is CC(NCCOC(N)=O)C12CC3CC(CC(C3)C1)C2. The van der Waals surface area contributed by atoms with Gasteiger partial charge in [-0.1, -0.05) is 0 Å². The smallest absolute Gasteiger partial charge is 0.404 e. The van der Waals surface area contributed by atoms with Crippen LogP contribution in [0.25, 0.3) is 0 Å². The molecule has 3 N–H and O–H groups in total. The lowest BCUT2D eigenvalue weighted by atomic mass is 9.48. The predicted octanol–water partition coefficient (Wildman–Crippen LogP) is 2.28. The van der Waals surface area contributed by atoms with Gasteiger partial charge in [-0.2, -0.15) is 0 Å². The van der Waals surface area contributed by atoms with Crippen LogP contribution in [0.4, 0.5) is 4.79 Å². The Balaban J connectivity index is 1.54. The van der Waals surface area contributed by atoms with Gasteiger partial charge in [0, 0.05) is 12.6 Å². The van der Waals surface area contributed by atoms with Crippen LogP contribution in [-0.2, 0) is 4.74 Å². The third-order valence-electron chi connectivity index (χ3n) is 5.80. The standard InChI is InChI=1S/C15H26N2O2/c1-10(17-2-3-19-14(16)18)15-7-11-4-12(8-15)6-13(5-11)9-15/h10-13,17H,2-9H2,1H3,(H2,16,18). The van der Waals surface area contributed by atoms with Crippen LogP contribution in [0, 0.1) is 23.2 Å². The fraction of sp³-hybridized carbons (Fsp3) is 0.933. The Labute approximate surface area is 115 Å². The number of nitrogens with one attached hydrogen (secondary N) is 1. The topological polar surface area (TPSA) is 64.3 Å². The lowest BCUT2D eigenvalue weighted by Crippen LogP contribution is -2.55. The van der Waals surface area contributed by atoms with Gasteiger partial charge in [-0.3, -0.25) is 0 Å². The molecule has 0 heterocycles. The molecule has 1 amide bonds. The Kier molecular flexibility index (Phi) is 3.46. The minimum atomic E-state index is -0.677. The molecule has 1 unspecified atom stereocenters. The highest BCUT2D eigenvalue weighted by Gasteiger charge is 2.52. The zero-order valence-corrected chi connectivity index (χ0v) is 11.9. The number of amides is 1. The maximum atomic E-state index is 10.5. The van der Waals surface area contributed by atoms with Crippen LogP contribution >= 0.6 is 0 Å². The van der Waals surface area contributed by atoms with E-state index in [2.05, 4.69) is 12.2 Å². The third kappa shape index (κ3) is 2.60. The lowest BCUT2D eigenvalue weighted by molar-refractivity contribution is -0.0707. The zero-order chi connectivity index (χ0) is 13.5. The van der Waals surface area contributed by atoms with Crippen LogP contribution < -0.4 is 11.1 Å². The summed E-state index contributed by atoms with van der Waals surface area (Å²) in [5.41, 5.74) is 5.48. The minimum absolute atomic E-state index is 0.381. The summed E-state index contributed by atoms with van der Waals surface area (Å²) >= 11 is 0. The second-order valence-electron chi connectivity index (χ2n) is 7.12. The van der Waals surface area contributed by atoms with Gasteiger partial charge in [0.25, 0.3) is 0 Å². The second-order valence-corrected chi connectivity index (χ2v) is 7.12. The molecular formula is C15H26N2O2. The van der Waals surface area contributed by atoms with Gasteiger partial charge in [0.2, 0.25) is 0 Å². The summed E-state index contributed by atoms with van der Waals surface area (Å²) in [6, 6.07) is 0.525. The molecule has 0 radical (unpaired) electrons. The molecule has 4 saturated carbocycles. The number of rotatable bonds is 5. The first-order valence-corrected chi connectivity index (χ1v) is 7.73. The number of carbonyl (C=O) groups excluding carboxylic acids is 1. The molecule has 0 saturated heterocycles. The van der Waals surface area contributed by atoms with Crippen molar-refractivity contribution in [2.24, 2.45) is 28.9 Å². The van der Waals surface area contributed by atoms with Crippen molar-refractivity contribution in [2.75, 3.05) is 13.2 Å². The van der Waals surface area contributed by atoms with Gasteiger partial charge in [0.15, 0.2) is 0 Å². The van der Waals surface area contributed by atoms with E-state index in [1.54, 1.807) is 0 Å². The van der Waals surface area contributed by atoms with E-state index in [1.165, 1.54) is 38.5 Å². The molecule has 19 heavy (non-hydrogen) atoms. The number of ether oxygens (including phenoxy) is 1. The molecule has 0 aliphatic heterocycles. The van der Waals surface area contributed by atoms with Gasteiger partial charge in [-0.05, 0) is 68.6 Å². The van der Waals surface area contributed by atoms with Crippen LogP contribution in [0.3, 0.4) is 0 Å². The molecule has 0 aromatic heterocycles. The van der Waals surface area contributed by atoms with Crippen LogP contribution in [0.1, 0.15) is 45.4 Å². The molecule has 4 bridgehead atoms. The molecule has 108 valence electrons. The average Bonchev–Trinajstić information content (AvgIpc) is 2.32. The molecule has 0 spiro atoms. The molecule has 0 aromatic carbocycles.